The Morgan fingerprint density at radius 1 is 1.00 bits per heavy atom. The van der Waals surface area contributed by atoms with Crippen molar-refractivity contribution in [2.24, 2.45) is 11.7 Å². The van der Waals surface area contributed by atoms with Gasteiger partial charge in [-0.15, -0.1) is 0 Å². The molecule has 2 aliphatic rings. The van der Waals surface area contributed by atoms with Gasteiger partial charge < -0.3 is 10.6 Å². The SMILES string of the molecule is N[C@H](Cc1cc(F)c(F)cc1F)[C@@H]1C[C@H]2CC[C@@H](C1)N2C(=O)CCS(=O)(=O)c1ccccc1. The summed E-state index contributed by atoms with van der Waals surface area (Å²) in [6.07, 6.45) is 2.87. The van der Waals surface area contributed by atoms with Crippen molar-refractivity contribution in [3.8, 4) is 0 Å². The summed E-state index contributed by atoms with van der Waals surface area (Å²) in [5, 5.41) is 0. The van der Waals surface area contributed by atoms with E-state index in [0.29, 0.717) is 18.9 Å². The molecular formula is C24H27F3N2O3S. The maximum Gasteiger partial charge on any atom is 0.224 e. The molecule has 0 aromatic heterocycles. The van der Waals surface area contributed by atoms with E-state index in [1.54, 1.807) is 18.2 Å². The molecule has 33 heavy (non-hydrogen) atoms. The van der Waals surface area contributed by atoms with Crippen molar-refractivity contribution in [3.63, 3.8) is 0 Å². The van der Waals surface area contributed by atoms with Crippen LogP contribution in [0.4, 0.5) is 13.2 Å². The van der Waals surface area contributed by atoms with Gasteiger partial charge in [-0.05, 0) is 61.8 Å². The van der Waals surface area contributed by atoms with Crippen LogP contribution in [0, 0.1) is 23.4 Å². The smallest absolute Gasteiger partial charge is 0.224 e. The summed E-state index contributed by atoms with van der Waals surface area (Å²) in [6, 6.07) is 8.92. The minimum absolute atomic E-state index is 0.00659. The second-order valence-corrected chi connectivity index (χ2v) is 11.1. The van der Waals surface area contributed by atoms with E-state index in [-0.39, 0.29) is 53.0 Å². The molecule has 178 valence electrons. The number of nitrogens with two attached hydrogens (primary N) is 1. The molecule has 0 saturated carbocycles. The fourth-order valence-electron chi connectivity index (χ4n) is 5.21. The molecule has 0 spiro atoms. The molecule has 0 unspecified atom stereocenters. The van der Waals surface area contributed by atoms with Crippen molar-refractivity contribution >= 4 is 15.7 Å². The molecule has 2 saturated heterocycles. The largest absolute Gasteiger partial charge is 0.337 e. The van der Waals surface area contributed by atoms with Gasteiger partial charge in [0, 0.05) is 30.6 Å². The number of fused-ring (bicyclic) bond motifs is 2. The molecule has 2 aromatic carbocycles. The summed E-state index contributed by atoms with van der Waals surface area (Å²) in [7, 11) is -3.54. The van der Waals surface area contributed by atoms with Crippen molar-refractivity contribution in [1.29, 1.82) is 0 Å². The van der Waals surface area contributed by atoms with Gasteiger partial charge in [-0.25, -0.2) is 21.6 Å². The number of benzene rings is 2. The van der Waals surface area contributed by atoms with Gasteiger partial charge in [-0.2, -0.15) is 0 Å². The number of rotatable bonds is 7. The lowest BCUT2D eigenvalue weighted by molar-refractivity contribution is -0.136. The van der Waals surface area contributed by atoms with Gasteiger partial charge in [0.2, 0.25) is 5.91 Å². The zero-order chi connectivity index (χ0) is 23.8. The number of piperidine rings is 1. The quantitative estimate of drug-likeness (QED) is 0.614. The van der Waals surface area contributed by atoms with Crippen LogP contribution in [0.2, 0.25) is 0 Å². The third-order valence-corrected chi connectivity index (χ3v) is 8.63. The molecule has 1 amide bonds. The van der Waals surface area contributed by atoms with Crippen molar-refractivity contribution in [2.75, 3.05) is 5.75 Å². The molecule has 9 heteroatoms. The zero-order valence-corrected chi connectivity index (χ0v) is 18.9. The zero-order valence-electron chi connectivity index (χ0n) is 18.1. The lowest BCUT2D eigenvalue weighted by Crippen LogP contribution is -2.50. The van der Waals surface area contributed by atoms with Crippen LogP contribution in [0.3, 0.4) is 0 Å². The number of carbonyl (C=O) groups is 1. The average molecular weight is 481 g/mol. The number of amides is 1. The molecule has 0 radical (unpaired) electrons. The van der Waals surface area contributed by atoms with Gasteiger partial charge in [0.25, 0.3) is 0 Å². The Kier molecular flexibility index (Phi) is 6.81. The fraction of sp³-hybridized carbons (Fsp3) is 0.458. The lowest BCUT2D eigenvalue weighted by Gasteiger charge is -2.41. The first-order valence-electron chi connectivity index (χ1n) is 11.1. The number of sulfone groups is 1. The highest BCUT2D eigenvalue weighted by Crippen LogP contribution is 2.40. The molecule has 2 fully saturated rings. The molecular weight excluding hydrogens is 453 g/mol. The van der Waals surface area contributed by atoms with Crippen LogP contribution < -0.4 is 5.73 Å². The average Bonchev–Trinajstić information content (AvgIpc) is 3.05. The molecule has 5 nitrogen and oxygen atoms in total. The molecule has 2 bridgehead atoms. The Morgan fingerprint density at radius 2 is 1.61 bits per heavy atom. The second-order valence-electron chi connectivity index (χ2n) is 9.03. The first-order valence-corrected chi connectivity index (χ1v) is 12.8. The number of nitrogens with zero attached hydrogens (tertiary/aromatic N) is 1. The lowest BCUT2D eigenvalue weighted by atomic mass is 9.82. The normalized spacial score (nSPS) is 23.5. The summed E-state index contributed by atoms with van der Waals surface area (Å²) >= 11 is 0. The summed E-state index contributed by atoms with van der Waals surface area (Å²) in [5.41, 5.74) is 6.37. The van der Waals surface area contributed by atoms with Crippen LogP contribution in [-0.2, 0) is 21.1 Å². The highest BCUT2D eigenvalue weighted by Gasteiger charge is 2.44. The van der Waals surface area contributed by atoms with Gasteiger partial charge in [0.1, 0.15) is 5.82 Å². The van der Waals surface area contributed by atoms with Crippen LogP contribution in [0.15, 0.2) is 47.4 Å². The summed E-state index contributed by atoms with van der Waals surface area (Å²) < 4.78 is 65.8. The van der Waals surface area contributed by atoms with Crippen molar-refractivity contribution in [3.05, 3.63) is 65.5 Å². The Labute approximate surface area is 191 Å². The third-order valence-electron chi connectivity index (χ3n) is 6.89. The first kappa shape index (κ1) is 23.8. The Balaban J connectivity index is 1.37. The predicted molar refractivity (Wildman–Crippen MR) is 117 cm³/mol. The highest BCUT2D eigenvalue weighted by atomic mass is 32.2. The van der Waals surface area contributed by atoms with E-state index in [9.17, 15) is 26.4 Å². The van der Waals surface area contributed by atoms with E-state index >= 15 is 0 Å². The van der Waals surface area contributed by atoms with E-state index in [2.05, 4.69) is 0 Å². The minimum atomic E-state index is -3.54. The third kappa shape index (κ3) is 5.09. The van der Waals surface area contributed by atoms with E-state index in [0.717, 1.165) is 18.9 Å². The van der Waals surface area contributed by atoms with Crippen molar-refractivity contribution < 1.29 is 26.4 Å². The van der Waals surface area contributed by atoms with Crippen LogP contribution >= 0.6 is 0 Å². The minimum Gasteiger partial charge on any atom is -0.337 e. The number of halogens is 3. The van der Waals surface area contributed by atoms with Crippen LogP contribution in [0.1, 0.15) is 37.7 Å². The van der Waals surface area contributed by atoms with Crippen molar-refractivity contribution in [1.82, 2.24) is 4.90 Å². The standard InChI is InChI=1S/C24H27F3N2O3S/c25-20-14-22(27)21(26)12-15(20)13-23(28)16-10-17-6-7-18(11-16)29(17)24(30)8-9-33(31,32)19-4-2-1-3-5-19/h1-5,12,14,16-18,23H,6-11,13,28H2/t16-,17-,18+,23-/m1/s1. The summed E-state index contributed by atoms with van der Waals surface area (Å²) in [5.74, 6) is -3.58. The van der Waals surface area contributed by atoms with E-state index in [4.69, 9.17) is 5.73 Å². The molecule has 2 heterocycles. The monoisotopic (exact) mass is 480 g/mol. The molecule has 4 rings (SSSR count). The van der Waals surface area contributed by atoms with Gasteiger partial charge in [-0.1, -0.05) is 18.2 Å². The van der Waals surface area contributed by atoms with Crippen LogP contribution in [0.5, 0.6) is 0 Å². The maximum atomic E-state index is 14.0. The van der Waals surface area contributed by atoms with Gasteiger partial charge in [-0.3, -0.25) is 4.79 Å². The van der Waals surface area contributed by atoms with E-state index in [1.165, 1.54) is 12.1 Å². The van der Waals surface area contributed by atoms with E-state index in [1.807, 2.05) is 4.90 Å². The Morgan fingerprint density at radius 3 is 2.24 bits per heavy atom. The van der Waals surface area contributed by atoms with Gasteiger partial charge in [0.05, 0.1) is 10.6 Å². The van der Waals surface area contributed by atoms with E-state index < -0.39 is 33.3 Å². The Hall–Kier alpha value is -2.39. The fourth-order valence-corrected chi connectivity index (χ4v) is 6.46. The number of hydrogen-bond donors (Lipinski definition) is 1. The number of hydrogen-bond acceptors (Lipinski definition) is 4. The predicted octanol–water partition coefficient (Wildman–Crippen LogP) is 3.61. The second kappa shape index (κ2) is 9.46. The van der Waals surface area contributed by atoms with Crippen LogP contribution in [-0.4, -0.2) is 43.1 Å². The molecule has 4 atom stereocenters. The first-order chi connectivity index (χ1) is 15.7. The van der Waals surface area contributed by atoms with Crippen molar-refractivity contribution in [2.45, 2.75) is 61.5 Å². The summed E-state index contributed by atoms with van der Waals surface area (Å²) in [4.78, 5) is 14.9. The number of carbonyl (C=O) groups excluding carboxylic acids is 1. The van der Waals surface area contributed by atoms with Gasteiger partial charge in [0.15, 0.2) is 21.5 Å². The molecule has 2 aromatic rings. The maximum absolute atomic E-state index is 14.0. The summed E-state index contributed by atoms with van der Waals surface area (Å²) in [6.45, 7) is 0. The van der Waals surface area contributed by atoms with Crippen LogP contribution in [0.25, 0.3) is 0 Å². The topological polar surface area (TPSA) is 80.5 Å². The molecule has 2 aliphatic heterocycles. The molecule has 2 N–H and O–H groups in total. The highest BCUT2D eigenvalue weighted by molar-refractivity contribution is 7.91. The Bertz CT molecular complexity index is 1110. The molecule has 0 aliphatic carbocycles. The van der Waals surface area contributed by atoms with Gasteiger partial charge >= 0.3 is 0 Å².